The highest BCUT2D eigenvalue weighted by atomic mass is 19.1. The first-order chi connectivity index (χ1) is 8.06. The van der Waals surface area contributed by atoms with Gasteiger partial charge in [-0.2, -0.15) is 0 Å². The number of carboxylic acid groups (broad SMARTS) is 1. The molecular weight excluding hydrogens is 225 g/mol. The Kier molecular flexibility index (Phi) is 2.85. The average Bonchev–Trinajstić information content (AvgIpc) is 2.67. The lowest BCUT2D eigenvalue weighted by atomic mass is 10.2. The van der Waals surface area contributed by atoms with Gasteiger partial charge in [-0.05, 0) is 19.1 Å². The van der Waals surface area contributed by atoms with E-state index in [9.17, 15) is 14.3 Å². The molecule has 0 aliphatic heterocycles. The number of aromatic nitrogens is 1. The summed E-state index contributed by atoms with van der Waals surface area (Å²) in [6.45, 7) is 2.16. The van der Waals surface area contributed by atoms with E-state index in [0.29, 0.717) is 17.4 Å². The standard InChI is InChI=1S/C12H12FNO3/c1-2-14-9(11(15)12(16)17)6-7-4-3-5-8(13)10(7)14/h3-6,11,15H,2H2,1H3,(H,16,17). The van der Waals surface area contributed by atoms with E-state index in [4.69, 9.17) is 5.11 Å². The van der Waals surface area contributed by atoms with E-state index in [1.54, 1.807) is 19.1 Å². The van der Waals surface area contributed by atoms with Crippen molar-refractivity contribution in [3.05, 3.63) is 35.8 Å². The zero-order valence-corrected chi connectivity index (χ0v) is 9.22. The first-order valence-corrected chi connectivity index (χ1v) is 5.24. The van der Waals surface area contributed by atoms with E-state index in [2.05, 4.69) is 0 Å². The number of aliphatic carboxylic acids is 1. The summed E-state index contributed by atoms with van der Waals surface area (Å²) in [4.78, 5) is 10.8. The number of aryl methyl sites for hydroxylation is 1. The third-order valence-corrected chi connectivity index (χ3v) is 2.73. The number of aliphatic hydroxyl groups is 1. The van der Waals surface area contributed by atoms with Crippen LogP contribution < -0.4 is 0 Å². The van der Waals surface area contributed by atoms with Gasteiger partial charge in [-0.25, -0.2) is 9.18 Å². The number of carboxylic acids is 1. The van der Waals surface area contributed by atoms with Gasteiger partial charge in [0, 0.05) is 11.9 Å². The SMILES string of the molecule is CCn1c(C(O)C(=O)O)cc2cccc(F)c21. The van der Waals surface area contributed by atoms with E-state index in [-0.39, 0.29) is 5.69 Å². The van der Waals surface area contributed by atoms with Crippen molar-refractivity contribution in [1.82, 2.24) is 4.57 Å². The Morgan fingerprint density at radius 1 is 1.53 bits per heavy atom. The van der Waals surface area contributed by atoms with E-state index in [1.165, 1.54) is 16.7 Å². The second-order valence-corrected chi connectivity index (χ2v) is 3.73. The van der Waals surface area contributed by atoms with Crippen molar-refractivity contribution in [2.75, 3.05) is 0 Å². The van der Waals surface area contributed by atoms with Gasteiger partial charge in [0.25, 0.3) is 0 Å². The topological polar surface area (TPSA) is 62.5 Å². The van der Waals surface area contributed by atoms with E-state index >= 15 is 0 Å². The molecule has 0 radical (unpaired) electrons. The number of nitrogens with zero attached hydrogens (tertiary/aromatic N) is 1. The van der Waals surface area contributed by atoms with Crippen LogP contribution in [0.25, 0.3) is 10.9 Å². The highest BCUT2D eigenvalue weighted by molar-refractivity contribution is 5.84. The van der Waals surface area contributed by atoms with Crippen LogP contribution in [-0.2, 0) is 11.3 Å². The van der Waals surface area contributed by atoms with Gasteiger partial charge in [0.15, 0.2) is 6.10 Å². The highest BCUT2D eigenvalue weighted by Crippen LogP contribution is 2.26. The average molecular weight is 237 g/mol. The molecule has 0 bridgehead atoms. The van der Waals surface area contributed by atoms with Gasteiger partial charge in [-0.15, -0.1) is 0 Å². The molecule has 90 valence electrons. The Morgan fingerprint density at radius 2 is 2.24 bits per heavy atom. The monoisotopic (exact) mass is 237 g/mol. The lowest BCUT2D eigenvalue weighted by molar-refractivity contribution is -0.147. The summed E-state index contributed by atoms with van der Waals surface area (Å²) < 4.78 is 15.1. The summed E-state index contributed by atoms with van der Waals surface area (Å²) in [5, 5.41) is 18.9. The van der Waals surface area contributed by atoms with Crippen molar-refractivity contribution in [3.8, 4) is 0 Å². The van der Waals surface area contributed by atoms with Gasteiger partial charge >= 0.3 is 5.97 Å². The number of hydrogen-bond donors (Lipinski definition) is 2. The third-order valence-electron chi connectivity index (χ3n) is 2.73. The number of rotatable bonds is 3. The number of aliphatic hydroxyl groups excluding tert-OH is 1. The maximum Gasteiger partial charge on any atom is 0.338 e. The second-order valence-electron chi connectivity index (χ2n) is 3.73. The first kappa shape index (κ1) is 11.6. The summed E-state index contributed by atoms with van der Waals surface area (Å²) in [6, 6.07) is 6.04. The summed E-state index contributed by atoms with van der Waals surface area (Å²) >= 11 is 0. The van der Waals surface area contributed by atoms with Crippen molar-refractivity contribution >= 4 is 16.9 Å². The first-order valence-electron chi connectivity index (χ1n) is 5.24. The minimum atomic E-state index is -1.64. The molecule has 1 aromatic carbocycles. The quantitative estimate of drug-likeness (QED) is 0.857. The molecule has 17 heavy (non-hydrogen) atoms. The van der Waals surface area contributed by atoms with E-state index in [0.717, 1.165) is 0 Å². The van der Waals surface area contributed by atoms with Gasteiger partial charge in [0.1, 0.15) is 5.82 Å². The molecule has 2 rings (SSSR count). The molecule has 5 heteroatoms. The van der Waals surface area contributed by atoms with Crippen molar-refractivity contribution in [2.24, 2.45) is 0 Å². The molecule has 1 aromatic heterocycles. The van der Waals surface area contributed by atoms with Crippen molar-refractivity contribution in [2.45, 2.75) is 19.6 Å². The van der Waals surface area contributed by atoms with Crippen molar-refractivity contribution < 1.29 is 19.4 Å². The smallest absolute Gasteiger partial charge is 0.338 e. The molecule has 0 spiro atoms. The summed E-state index contributed by atoms with van der Waals surface area (Å²) in [7, 11) is 0. The molecule has 0 aliphatic carbocycles. The maximum absolute atomic E-state index is 13.7. The van der Waals surface area contributed by atoms with Gasteiger partial charge < -0.3 is 14.8 Å². The number of halogens is 1. The number of carbonyl (C=O) groups is 1. The van der Waals surface area contributed by atoms with Crippen LogP contribution in [-0.4, -0.2) is 20.7 Å². The fraction of sp³-hybridized carbons (Fsp3) is 0.250. The number of fused-ring (bicyclic) bond motifs is 1. The molecule has 4 nitrogen and oxygen atoms in total. The Morgan fingerprint density at radius 3 is 2.82 bits per heavy atom. The Balaban J connectivity index is 2.73. The van der Waals surface area contributed by atoms with E-state index in [1.807, 2.05) is 0 Å². The van der Waals surface area contributed by atoms with Crippen LogP contribution in [0.3, 0.4) is 0 Å². The third kappa shape index (κ3) is 1.78. The molecule has 1 atom stereocenters. The van der Waals surface area contributed by atoms with Crippen LogP contribution in [0.5, 0.6) is 0 Å². The number of hydrogen-bond acceptors (Lipinski definition) is 2. The molecular formula is C12H12FNO3. The molecule has 2 aromatic rings. The van der Waals surface area contributed by atoms with Crippen LogP contribution in [0.1, 0.15) is 18.7 Å². The molecule has 0 amide bonds. The molecule has 0 saturated heterocycles. The fourth-order valence-corrected chi connectivity index (χ4v) is 1.99. The van der Waals surface area contributed by atoms with E-state index < -0.39 is 17.9 Å². The summed E-state index contributed by atoms with van der Waals surface area (Å²) in [6.07, 6.45) is -1.64. The molecule has 0 saturated carbocycles. The fourth-order valence-electron chi connectivity index (χ4n) is 1.99. The predicted molar refractivity (Wildman–Crippen MR) is 60.2 cm³/mol. The van der Waals surface area contributed by atoms with Crippen molar-refractivity contribution in [3.63, 3.8) is 0 Å². The van der Waals surface area contributed by atoms with Crippen LogP contribution in [0.15, 0.2) is 24.3 Å². The summed E-state index contributed by atoms with van der Waals surface area (Å²) in [5.41, 5.74) is 0.519. The minimum absolute atomic E-state index is 0.195. The molecule has 2 N–H and O–H groups in total. The number of para-hydroxylation sites is 1. The van der Waals surface area contributed by atoms with Gasteiger partial charge in [0.2, 0.25) is 0 Å². The molecule has 1 heterocycles. The van der Waals surface area contributed by atoms with Crippen LogP contribution in [0, 0.1) is 5.82 Å². The predicted octanol–water partition coefficient (Wildman–Crippen LogP) is 1.92. The van der Waals surface area contributed by atoms with Gasteiger partial charge in [0.05, 0.1) is 11.2 Å². The Bertz CT molecular complexity index is 576. The lowest BCUT2D eigenvalue weighted by Gasteiger charge is -2.10. The lowest BCUT2D eigenvalue weighted by Crippen LogP contribution is -2.15. The maximum atomic E-state index is 13.7. The zero-order valence-electron chi connectivity index (χ0n) is 9.22. The zero-order chi connectivity index (χ0) is 12.6. The van der Waals surface area contributed by atoms with Gasteiger partial charge in [-0.1, -0.05) is 12.1 Å². The minimum Gasteiger partial charge on any atom is -0.479 e. The Hall–Kier alpha value is -1.88. The molecule has 0 fully saturated rings. The summed E-state index contributed by atoms with van der Waals surface area (Å²) in [5.74, 6) is -1.77. The largest absolute Gasteiger partial charge is 0.479 e. The molecule has 1 unspecified atom stereocenters. The van der Waals surface area contributed by atoms with Crippen LogP contribution in [0.2, 0.25) is 0 Å². The Labute approximate surface area is 96.9 Å². The molecule has 0 aliphatic rings. The van der Waals surface area contributed by atoms with Crippen molar-refractivity contribution in [1.29, 1.82) is 0 Å². The van der Waals surface area contributed by atoms with Crippen LogP contribution >= 0.6 is 0 Å². The number of benzene rings is 1. The van der Waals surface area contributed by atoms with Gasteiger partial charge in [-0.3, -0.25) is 0 Å². The second kappa shape index (κ2) is 4.18. The van der Waals surface area contributed by atoms with Crippen LogP contribution in [0.4, 0.5) is 4.39 Å². The normalized spacial score (nSPS) is 12.9. The highest BCUT2D eigenvalue weighted by Gasteiger charge is 2.22.